The van der Waals surface area contributed by atoms with Gasteiger partial charge in [0.2, 0.25) is 10.5 Å². The molecule has 0 amide bonds. The Balaban J connectivity index is 1.43. The summed E-state index contributed by atoms with van der Waals surface area (Å²) in [5.41, 5.74) is 1.42. The third-order valence-corrected chi connectivity index (χ3v) is 6.61. The Morgan fingerprint density at radius 1 is 0.692 bits per heavy atom. The SMILES string of the molecule is CCCCCCCCCCCCCCCC[n+]1c(C)sc2ccccc21. The summed E-state index contributed by atoms with van der Waals surface area (Å²) in [7, 11) is 0. The molecule has 2 rings (SSSR count). The monoisotopic (exact) mass is 374 g/mol. The number of unbranched alkanes of at least 4 members (excludes halogenated alkanes) is 13. The van der Waals surface area contributed by atoms with Crippen molar-refractivity contribution in [2.75, 3.05) is 0 Å². The first-order valence-corrected chi connectivity index (χ1v) is 12.0. The first-order valence-electron chi connectivity index (χ1n) is 11.2. The molecule has 0 bridgehead atoms. The topological polar surface area (TPSA) is 3.88 Å². The highest BCUT2D eigenvalue weighted by atomic mass is 32.1. The van der Waals surface area contributed by atoms with Gasteiger partial charge in [-0.2, -0.15) is 4.57 Å². The Labute approximate surface area is 165 Å². The van der Waals surface area contributed by atoms with E-state index in [1.807, 2.05) is 11.3 Å². The molecule has 2 aromatic rings. The van der Waals surface area contributed by atoms with Gasteiger partial charge in [0.05, 0.1) is 0 Å². The van der Waals surface area contributed by atoms with Crippen LogP contribution in [0.1, 0.15) is 102 Å². The molecule has 0 radical (unpaired) electrons. The number of nitrogens with zero attached hydrogens (tertiary/aromatic N) is 1. The van der Waals surface area contributed by atoms with Gasteiger partial charge in [-0.3, -0.25) is 0 Å². The molecule has 26 heavy (non-hydrogen) atoms. The number of para-hydroxylation sites is 1. The van der Waals surface area contributed by atoms with E-state index in [9.17, 15) is 0 Å². The van der Waals surface area contributed by atoms with Crippen LogP contribution in [0.25, 0.3) is 10.2 Å². The van der Waals surface area contributed by atoms with E-state index in [1.165, 1.54) is 112 Å². The second-order valence-corrected chi connectivity index (χ2v) is 9.07. The van der Waals surface area contributed by atoms with E-state index >= 15 is 0 Å². The number of benzene rings is 1. The van der Waals surface area contributed by atoms with Crippen molar-refractivity contribution in [3.8, 4) is 0 Å². The van der Waals surface area contributed by atoms with Crippen molar-refractivity contribution in [1.29, 1.82) is 0 Å². The first kappa shape index (κ1) is 21.4. The van der Waals surface area contributed by atoms with Crippen LogP contribution in [-0.4, -0.2) is 0 Å². The number of hydrogen-bond donors (Lipinski definition) is 0. The highest BCUT2D eigenvalue weighted by molar-refractivity contribution is 7.18. The Morgan fingerprint density at radius 2 is 1.19 bits per heavy atom. The van der Waals surface area contributed by atoms with Crippen LogP contribution in [0.2, 0.25) is 0 Å². The van der Waals surface area contributed by atoms with E-state index in [1.54, 1.807) is 0 Å². The molecule has 1 heterocycles. The van der Waals surface area contributed by atoms with Crippen LogP contribution in [0.3, 0.4) is 0 Å². The van der Waals surface area contributed by atoms with Crippen LogP contribution >= 0.6 is 11.3 Å². The van der Waals surface area contributed by atoms with Gasteiger partial charge in [0.25, 0.3) is 0 Å². The summed E-state index contributed by atoms with van der Waals surface area (Å²) in [6.07, 6.45) is 20.0. The maximum atomic E-state index is 2.51. The van der Waals surface area contributed by atoms with E-state index in [4.69, 9.17) is 0 Å². The van der Waals surface area contributed by atoms with E-state index in [0.717, 1.165) is 0 Å². The summed E-state index contributed by atoms with van der Waals surface area (Å²) in [5.74, 6) is 0. The minimum Gasteiger partial charge on any atom is -0.186 e. The van der Waals surface area contributed by atoms with Crippen molar-refractivity contribution in [3.05, 3.63) is 29.3 Å². The third kappa shape index (κ3) is 7.78. The number of aryl methyl sites for hydroxylation is 2. The lowest BCUT2D eigenvalue weighted by atomic mass is 10.0. The average molecular weight is 375 g/mol. The summed E-state index contributed by atoms with van der Waals surface area (Å²) in [6.45, 7) is 5.74. The molecule has 0 aliphatic heterocycles. The van der Waals surface area contributed by atoms with Gasteiger partial charge in [-0.05, 0) is 12.5 Å². The number of thiazole rings is 1. The van der Waals surface area contributed by atoms with Crippen LogP contribution in [-0.2, 0) is 6.54 Å². The molecule has 0 spiro atoms. The van der Waals surface area contributed by atoms with Crippen molar-refractivity contribution >= 4 is 21.6 Å². The van der Waals surface area contributed by atoms with Gasteiger partial charge < -0.3 is 0 Å². The van der Waals surface area contributed by atoms with Gasteiger partial charge in [0, 0.05) is 19.4 Å². The molecular weight excluding hydrogens is 334 g/mol. The molecule has 0 unspecified atom stereocenters. The van der Waals surface area contributed by atoms with Crippen molar-refractivity contribution in [2.45, 2.75) is 110 Å². The standard InChI is InChI=1S/C24H40NS/c1-3-4-5-6-7-8-9-10-11-12-13-14-15-18-21-25-22(2)26-24-20-17-16-19-23(24)25/h16-17,19-20H,3-15,18,21H2,1-2H3/q+1. The minimum absolute atomic E-state index is 1.19. The van der Waals surface area contributed by atoms with E-state index < -0.39 is 0 Å². The van der Waals surface area contributed by atoms with Gasteiger partial charge in [-0.1, -0.05) is 107 Å². The minimum atomic E-state index is 1.19. The number of aromatic nitrogens is 1. The molecule has 0 saturated heterocycles. The fraction of sp³-hybridized carbons (Fsp3) is 0.708. The van der Waals surface area contributed by atoms with Crippen LogP contribution in [0.15, 0.2) is 24.3 Å². The Hall–Kier alpha value is -0.890. The lowest BCUT2D eigenvalue weighted by Gasteiger charge is -2.03. The zero-order valence-electron chi connectivity index (χ0n) is 17.3. The molecule has 0 saturated carbocycles. The molecule has 0 N–H and O–H groups in total. The van der Waals surface area contributed by atoms with Crippen LogP contribution in [0.4, 0.5) is 0 Å². The second kappa shape index (κ2) is 13.3. The van der Waals surface area contributed by atoms with Crippen LogP contribution < -0.4 is 4.57 Å². The number of rotatable bonds is 15. The smallest absolute Gasteiger partial charge is 0.186 e. The zero-order valence-corrected chi connectivity index (χ0v) is 18.1. The van der Waals surface area contributed by atoms with E-state index in [-0.39, 0.29) is 0 Å². The largest absolute Gasteiger partial charge is 0.235 e. The summed E-state index contributed by atoms with van der Waals surface area (Å²) in [5, 5.41) is 1.45. The van der Waals surface area contributed by atoms with Crippen LogP contribution in [0, 0.1) is 6.92 Å². The predicted molar refractivity (Wildman–Crippen MR) is 117 cm³/mol. The van der Waals surface area contributed by atoms with Crippen molar-refractivity contribution in [1.82, 2.24) is 0 Å². The molecular formula is C24H40NS+. The summed E-state index contributed by atoms with van der Waals surface area (Å²) < 4.78 is 3.94. The normalized spacial score (nSPS) is 11.5. The average Bonchev–Trinajstić information content (AvgIpc) is 2.97. The lowest BCUT2D eigenvalue weighted by molar-refractivity contribution is -0.673. The summed E-state index contributed by atoms with van der Waals surface area (Å²) >= 11 is 1.93. The molecule has 0 aliphatic carbocycles. The lowest BCUT2D eigenvalue weighted by Crippen LogP contribution is -2.34. The second-order valence-electron chi connectivity index (χ2n) is 7.84. The highest BCUT2D eigenvalue weighted by Crippen LogP contribution is 2.19. The van der Waals surface area contributed by atoms with Gasteiger partial charge in [0.15, 0.2) is 0 Å². The van der Waals surface area contributed by atoms with Crippen LogP contribution in [0.5, 0.6) is 0 Å². The van der Waals surface area contributed by atoms with Gasteiger partial charge in [-0.15, -0.1) is 0 Å². The number of fused-ring (bicyclic) bond motifs is 1. The van der Waals surface area contributed by atoms with E-state index in [2.05, 4.69) is 42.7 Å². The van der Waals surface area contributed by atoms with Crippen molar-refractivity contribution < 1.29 is 4.57 Å². The van der Waals surface area contributed by atoms with Gasteiger partial charge in [-0.25, -0.2) is 0 Å². The third-order valence-electron chi connectivity index (χ3n) is 5.53. The Morgan fingerprint density at radius 3 is 1.77 bits per heavy atom. The molecule has 1 aromatic carbocycles. The molecule has 1 nitrogen and oxygen atoms in total. The predicted octanol–water partition coefficient (Wildman–Crippen LogP) is 7.98. The van der Waals surface area contributed by atoms with Gasteiger partial charge in [0.1, 0.15) is 11.2 Å². The summed E-state index contributed by atoms with van der Waals surface area (Å²) in [4.78, 5) is 0. The molecule has 2 heteroatoms. The molecule has 0 atom stereocenters. The van der Waals surface area contributed by atoms with E-state index in [0.29, 0.717) is 0 Å². The molecule has 1 aromatic heterocycles. The van der Waals surface area contributed by atoms with Gasteiger partial charge >= 0.3 is 0 Å². The fourth-order valence-electron chi connectivity index (χ4n) is 3.89. The molecule has 0 aliphatic rings. The Kier molecular flexibility index (Phi) is 11.0. The fourth-order valence-corrected chi connectivity index (χ4v) is 4.94. The quantitative estimate of drug-likeness (QED) is 0.220. The maximum absolute atomic E-state index is 2.51. The molecule has 0 fully saturated rings. The highest BCUT2D eigenvalue weighted by Gasteiger charge is 2.15. The summed E-state index contributed by atoms with van der Waals surface area (Å²) in [6, 6.07) is 8.82. The first-order chi connectivity index (χ1) is 12.8. The number of hydrogen-bond acceptors (Lipinski definition) is 1. The van der Waals surface area contributed by atoms with Crippen molar-refractivity contribution in [3.63, 3.8) is 0 Å². The van der Waals surface area contributed by atoms with Crippen molar-refractivity contribution in [2.24, 2.45) is 0 Å². The molecule has 146 valence electrons. The Bertz CT molecular complexity index is 601. The maximum Gasteiger partial charge on any atom is 0.235 e. The zero-order chi connectivity index (χ0) is 18.5.